The van der Waals surface area contributed by atoms with Gasteiger partial charge in [-0.3, -0.25) is 0 Å². The Bertz CT molecular complexity index is 531. The van der Waals surface area contributed by atoms with E-state index in [1.807, 2.05) is 36.8 Å². The van der Waals surface area contributed by atoms with Gasteiger partial charge < -0.3 is 15.0 Å². The van der Waals surface area contributed by atoms with Crippen LogP contribution < -0.4 is 10.5 Å². The first-order valence-corrected chi connectivity index (χ1v) is 6.30. The van der Waals surface area contributed by atoms with E-state index in [9.17, 15) is 0 Å². The van der Waals surface area contributed by atoms with Crippen molar-refractivity contribution in [1.29, 1.82) is 0 Å². The molecule has 0 bridgehead atoms. The Hall–Kier alpha value is -1.81. The molecule has 0 radical (unpaired) electrons. The normalized spacial score (nSPS) is 14.7. The fraction of sp³-hybridized carbons (Fsp3) is 0.357. The molecule has 1 aromatic heterocycles. The van der Waals surface area contributed by atoms with Gasteiger partial charge in [0.2, 0.25) is 0 Å². The predicted molar refractivity (Wildman–Crippen MR) is 69.2 cm³/mol. The van der Waals surface area contributed by atoms with Crippen LogP contribution in [0.1, 0.15) is 30.1 Å². The largest absolute Gasteiger partial charge is 0.487 e. The summed E-state index contributed by atoms with van der Waals surface area (Å²) in [7, 11) is 0. The number of benzene rings is 1. The van der Waals surface area contributed by atoms with Gasteiger partial charge in [-0.2, -0.15) is 0 Å². The molecule has 1 aliphatic carbocycles. The minimum Gasteiger partial charge on any atom is -0.487 e. The summed E-state index contributed by atoms with van der Waals surface area (Å²) >= 11 is 0. The summed E-state index contributed by atoms with van der Waals surface area (Å²) in [6.45, 7) is 1.05. The zero-order chi connectivity index (χ0) is 12.4. The molecule has 1 saturated carbocycles. The summed E-state index contributed by atoms with van der Waals surface area (Å²) in [5.41, 5.74) is 7.86. The molecule has 4 nitrogen and oxygen atoms in total. The van der Waals surface area contributed by atoms with Crippen LogP contribution in [-0.2, 0) is 13.2 Å². The van der Waals surface area contributed by atoms with Crippen LogP contribution in [0.3, 0.4) is 0 Å². The molecule has 1 aliphatic rings. The lowest BCUT2D eigenvalue weighted by molar-refractivity contribution is 0.292. The third-order valence-electron chi connectivity index (χ3n) is 3.25. The van der Waals surface area contributed by atoms with Crippen molar-refractivity contribution in [2.45, 2.75) is 32.0 Å². The number of hydrogen-bond acceptors (Lipinski definition) is 3. The molecular formula is C14H17N3O. The van der Waals surface area contributed by atoms with Crippen LogP contribution in [0, 0.1) is 0 Å². The smallest absolute Gasteiger partial charge is 0.130 e. The summed E-state index contributed by atoms with van der Waals surface area (Å²) < 4.78 is 8.06. The van der Waals surface area contributed by atoms with Gasteiger partial charge in [-0.1, -0.05) is 18.2 Å². The van der Waals surface area contributed by atoms with E-state index in [1.165, 1.54) is 12.8 Å². The highest BCUT2D eigenvalue weighted by molar-refractivity contribution is 5.33. The first kappa shape index (κ1) is 11.3. The monoisotopic (exact) mass is 243 g/mol. The zero-order valence-electron chi connectivity index (χ0n) is 10.2. The molecule has 4 heteroatoms. The number of ether oxygens (including phenoxy) is 1. The van der Waals surface area contributed by atoms with E-state index in [1.54, 1.807) is 0 Å². The molecule has 1 aromatic carbocycles. The molecule has 0 aliphatic heterocycles. The summed E-state index contributed by atoms with van der Waals surface area (Å²) in [6.07, 6.45) is 6.28. The molecule has 2 N–H and O–H groups in total. The van der Waals surface area contributed by atoms with Gasteiger partial charge in [-0.15, -0.1) is 0 Å². The lowest BCUT2D eigenvalue weighted by Gasteiger charge is -2.11. The van der Waals surface area contributed by atoms with E-state index in [4.69, 9.17) is 10.5 Å². The molecule has 0 unspecified atom stereocenters. The van der Waals surface area contributed by atoms with Crippen molar-refractivity contribution in [1.82, 2.24) is 9.55 Å². The molecular weight excluding hydrogens is 226 g/mol. The highest BCUT2D eigenvalue weighted by Gasteiger charge is 2.25. The van der Waals surface area contributed by atoms with Crippen LogP contribution in [-0.4, -0.2) is 9.55 Å². The highest BCUT2D eigenvalue weighted by Crippen LogP contribution is 2.35. The van der Waals surface area contributed by atoms with Gasteiger partial charge in [-0.05, 0) is 18.9 Å². The van der Waals surface area contributed by atoms with Crippen molar-refractivity contribution in [2.24, 2.45) is 5.73 Å². The van der Waals surface area contributed by atoms with E-state index in [-0.39, 0.29) is 0 Å². The van der Waals surface area contributed by atoms with Gasteiger partial charge >= 0.3 is 0 Å². The molecule has 0 spiro atoms. The molecule has 3 rings (SSSR count). The second-order valence-corrected chi connectivity index (χ2v) is 4.62. The standard InChI is InChI=1S/C14H17N3O/c15-7-11-3-1-2-4-14(11)18-9-13-8-16-10-17(13)12-5-6-12/h1-4,8,10,12H,5-7,9,15H2. The fourth-order valence-corrected chi connectivity index (χ4v) is 2.09. The second-order valence-electron chi connectivity index (χ2n) is 4.62. The molecule has 1 fully saturated rings. The van der Waals surface area contributed by atoms with Crippen molar-refractivity contribution in [3.05, 3.63) is 48.0 Å². The zero-order valence-corrected chi connectivity index (χ0v) is 10.2. The number of imidazole rings is 1. The van der Waals surface area contributed by atoms with Gasteiger partial charge in [0.25, 0.3) is 0 Å². The Balaban J connectivity index is 1.71. The third kappa shape index (κ3) is 2.24. The maximum atomic E-state index is 5.85. The SMILES string of the molecule is NCc1ccccc1OCc1cncn1C1CC1. The summed E-state index contributed by atoms with van der Waals surface area (Å²) in [6, 6.07) is 8.53. The Labute approximate surface area is 106 Å². The Morgan fingerprint density at radius 3 is 2.94 bits per heavy atom. The summed E-state index contributed by atoms with van der Waals surface area (Å²) in [5, 5.41) is 0. The third-order valence-corrected chi connectivity index (χ3v) is 3.25. The topological polar surface area (TPSA) is 53.1 Å². The van der Waals surface area contributed by atoms with E-state index < -0.39 is 0 Å². The van der Waals surface area contributed by atoms with E-state index in [0.717, 1.165) is 17.0 Å². The minimum absolute atomic E-state index is 0.498. The quantitative estimate of drug-likeness (QED) is 0.876. The summed E-state index contributed by atoms with van der Waals surface area (Å²) in [4.78, 5) is 4.20. The average Bonchev–Trinajstić information content (AvgIpc) is 3.16. The van der Waals surface area contributed by atoms with E-state index in [2.05, 4.69) is 9.55 Å². The first-order valence-electron chi connectivity index (χ1n) is 6.30. The maximum Gasteiger partial charge on any atom is 0.130 e. The molecule has 18 heavy (non-hydrogen) atoms. The Kier molecular flexibility index (Phi) is 3.02. The van der Waals surface area contributed by atoms with Crippen molar-refractivity contribution in [2.75, 3.05) is 0 Å². The van der Waals surface area contributed by atoms with Gasteiger partial charge in [0.1, 0.15) is 12.4 Å². The lowest BCUT2D eigenvalue weighted by Crippen LogP contribution is -2.06. The fourth-order valence-electron chi connectivity index (χ4n) is 2.09. The van der Waals surface area contributed by atoms with Gasteiger partial charge in [0, 0.05) is 18.2 Å². The Morgan fingerprint density at radius 1 is 1.33 bits per heavy atom. The average molecular weight is 243 g/mol. The van der Waals surface area contributed by atoms with Crippen molar-refractivity contribution in [3.63, 3.8) is 0 Å². The van der Waals surface area contributed by atoms with Crippen molar-refractivity contribution >= 4 is 0 Å². The van der Waals surface area contributed by atoms with Crippen molar-refractivity contribution < 1.29 is 4.74 Å². The molecule has 0 saturated heterocycles. The molecule has 1 heterocycles. The highest BCUT2D eigenvalue weighted by atomic mass is 16.5. The number of rotatable bonds is 5. The number of aromatic nitrogens is 2. The lowest BCUT2D eigenvalue weighted by atomic mass is 10.2. The van der Waals surface area contributed by atoms with Crippen LogP contribution >= 0.6 is 0 Å². The molecule has 0 atom stereocenters. The van der Waals surface area contributed by atoms with E-state index >= 15 is 0 Å². The van der Waals surface area contributed by atoms with Gasteiger partial charge in [0.05, 0.1) is 18.2 Å². The van der Waals surface area contributed by atoms with Crippen molar-refractivity contribution in [3.8, 4) is 5.75 Å². The van der Waals surface area contributed by atoms with E-state index in [0.29, 0.717) is 19.2 Å². The van der Waals surface area contributed by atoms with Gasteiger partial charge in [-0.25, -0.2) is 4.98 Å². The molecule has 2 aromatic rings. The molecule has 0 amide bonds. The number of nitrogens with zero attached hydrogens (tertiary/aromatic N) is 2. The summed E-state index contributed by atoms with van der Waals surface area (Å²) in [5.74, 6) is 0.864. The minimum atomic E-state index is 0.498. The van der Waals surface area contributed by atoms with Crippen LogP contribution in [0.25, 0.3) is 0 Å². The maximum absolute atomic E-state index is 5.85. The second kappa shape index (κ2) is 4.82. The number of para-hydroxylation sites is 1. The number of nitrogens with two attached hydrogens (primary N) is 1. The van der Waals surface area contributed by atoms with Crippen LogP contribution in [0.5, 0.6) is 5.75 Å². The first-order chi connectivity index (χ1) is 8.88. The van der Waals surface area contributed by atoms with Crippen LogP contribution in [0.2, 0.25) is 0 Å². The molecule has 94 valence electrons. The van der Waals surface area contributed by atoms with Gasteiger partial charge in [0.15, 0.2) is 0 Å². The predicted octanol–water partition coefficient (Wildman–Crippen LogP) is 2.26. The number of hydrogen-bond donors (Lipinski definition) is 1. The van der Waals surface area contributed by atoms with Crippen LogP contribution in [0.15, 0.2) is 36.8 Å². The Morgan fingerprint density at radius 2 is 2.17 bits per heavy atom. The van der Waals surface area contributed by atoms with Crippen LogP contribution in [0.4, 0.5) is 0 Å².